The van der Waals surface area contributed by atoms with Gasteiger partial charge in [-0.15, -0.1) is 5.10 Å². The number of likely N-dealkylation sites (N-methyl/N-ethyl adjacent to an activating group) is 1. The number of aliphatic hydroxyl groups excluding tert-OH is 1. The zero-order valence-corrected chi connectivity index (χ0v) is 14.0. The number of anilines is 3. The summed E-state index contributed by atoms with van der Waals surface area (Å²) in [4.78, 5) is 20.4. The van der Waals surface area contributed by atoms with Crippen molar-refractivity contribution in [2.45, 2.75) is 0 Å². The van der Waals surface area contributed by atoms with Crippen molar-refractivity contribution in [3.63, 3.8) is 0 Å². The second-order valence-electron chi connectivity index (χ2n) is 5.58. The van der Waals surface area contributed by atoms with Crippen molar-refractivity contribution < 1.29 is 15.0 Å². The first-order valence-electron chi connectivity index (χ1n) is 7.67. The van der Waals surface area contributed by atoms with Crippen LogP contribution in [-0.2, 0) is 0 Å². The second kappa shape index (κ2) is 6.70. The van der Waals surface area contributed by atoms with Gasteiger partial charge in [0.05, 0.1) is 24.2 Å². The largest absolute Gasteiger partial charge is 0.475 e. The maximum atomic E-state index is 11.1. The minimum absolute atomic E-state index is 0.0570. The number of carboxylic acids is 1. The Kier molecular flexibility index (Phi) is 4.43. The van der Waals surface area contributed by atoms with Crippen molar-refractivity contribution in [3.8, 4) is 0 Å². The summed E-state index contributed by atoms with van der Waals surface area (Å²) in [5, 5.41) is 25.3. The van der Waals surface area contributed by atoms with E-state index in [9.17, 15) is 4.79 Å². The number of aromatic nitrogens is 3. The van der Waals surface area contributed by atoms with E-state index in [1.54, 1.807) is 0 Å². The Balaban J connectivity index is 1.99. The molecule has 0 aliphatic rings. The van der Waals surface area contributed by atoms with Crippen LogP contribution in [-0.4, -0.2) is 51.0 Å². The average molecular weight is 352 g/mol. The van der Waals surface area contributed by atoms with Crippen molar-refractivity contribution >= 4 is 40.9 Å². The molecule has 0 atom stereocenters. The van der Waals surface area contributed by atoms with Crippen LogP contribution in [0, 0.1) is 6.57 Å². The SMILES string of the molecule is [C-]#[N+]c1c(Nc2ccc(N(C)CCO)cc2)c2nc(C(=O)O)nn2c1=C. The van der Waals surface area contributed by atoms with Crippen LogP contribution in [0.2, 0.25) is 0 Å². The van der Waals surface area contributed by atoms with Crippen molar-refractivity contribution in [3.05, 3.63) is 46.9 Å². The molecule has 132 valence electrons. The first kappa shape index (κ1) is 17.2. The van der Waals surface area contributed by atoms with Gasteiger partial charge >= 0.3 is 5.97 Å². The Labute approximate surface area is 148 Å². The van der Waals surface area contributed by atoms with E-state index in [1.165, 1.54) is 4.52 Å². The smallest absolute Gasteiger partial charge is 0.375 e. The van der Waals surface area contributed by atoms with Crippen LogP contribution in [0.15, 0.2) is 24.3 Å². The molecule has 0 unspecified atom stereocenters. The minimum Gasteiger partial charge on any atom is -0.475 e. The molecule has 9 heteroatoms. The number of carbonyl (C=O) groups is 1. The molecule has 3 rings (SSSR count). The van der Waals surface area contributed by atoms with E-state index < -0.39 is 5.97 Å². The number of aliphatic hydroxyl groups is 1. The van der Waals surface area contributed by atoms with E-state index in [4.69, 9.17) is 16.8 Å². The molecular weight excluding hydrogens is 336 g/mol. The zero-order chi connectivity index (χ0) is 18.8. The minimum atomic E-state index is -1.25. The van der Waals surface area contributed by atoms with Gasteiger partial charge in [0.2, 0.25) is 5.69 Å². The highest BCUT2D eigenvalue weighted by Gasteiger charge is 2.20. The van der Waals surface area contributed by atoms with E-state index in [0.29, 0.717) is 17.9 Å². The highest BCUT2D eigenvalue weighted by molar-refractivity contribution is 5.91. The Morgan fingerprint density at radius 2 is 2.12 bits per heavy atom. The summed E-state index contributed by atoms with van der Waals surface area (Å²) in [6.07, 6.45) is 0. The molecule has 0 aliphatic carbocycles. The Hall–Kier alpha value is -3.64. The maximum Gasteiger partial charge on any atom is 0.375 e. The van der Waals surface area contributed by atoms with Crippen molar-refractivity contribution in [2.75, 3.05) is 30.4 Å². The van der Waals surface area contributed by atoms with Crippen LogP contribution in [0.3, 0.4) is 0 Å². The molecule has 26 heavy (non-hydrogen) atoms. The topological polar surface area (TPSA) is 107 Å². The molecule has 9 nitrogen and oxygen atoms in total. The van der Waals surface area contributed by atoms with Gasteiger partial charge in [-0.05, 0) is 24.3 Å². The molecule has 0 bridgehead atoms. The van der Waals surface area contributed by atoms with Crippen LogP contribution >= 0.6 is 0 Å². The fourth-order valence-electron chi connectivity index (χ4n) is 2.56. The first-order valence-corrected chi connectivity index (χ1v) is 7.67. The number of hydrogen-bond acceptors (Lipinski definition) is 6. The number of benzene rings is 1. The quantitative estimate of drug-likeness (QED) is 0.574. The first-order chi connectivity index (χ1) is 12.5. The number of nitrogens with one attached hydrogen (secondary N) is 1. The average Bonchev–Trinajstić information content (AvgIpc) is 3.16. The summed E-state index contributed by atoms with van der Waals surface area (Å²) in [7, 11) is 1.87. The lowest BCUT2D eigenvalue weighted by Gasteiger charge is -2.18. The highest BCUT2D eigenvalue weighted by atomic mass is 16.4. The summed E-state index contributed by atoms with van der Waals surface area (Å²) in [6.45, 7) is 11.7. The molecule has 2 heterocycles. The molecular formula is C17H16N6O3. The molecule has 0 saturated heterocycles. The number of carboxylic acid groups (broad SMARTS) is 1. The number of hydrogen-bond donors (Lipinski definition) is 3. The van der Waals surface area contributed by atoms with Gasteiger partial charge in [-0.25, -0.2) is 19.1 Å². The van der Waals surface area contributed by atoms with Crippen LogP contribution in [0.5, 0.6) is 0 Å². The summed E-state index contributed by atoms with van der Waals surface area (Å²) in [5.41, 5.74) is 2.46. The van der Waals surface area contributed by atoms with Gasteiger partial charge in [0.1, 0.15) is 0 Å². The number of rotatable bonds is 6. The molecule has 0 aliphatic heterocycles. The third-order valence-electron chi connectivity index (χ3n) is 3.91. The predicted molar refractivity (Wildman–Crippen MR) is 97.0 cm³/mol. The van der Waals surface area contributed by atoms with Gasteiger partial charge in [-0.3, -0.25) is 0 Å². The van der Waals surface area contributed by atoms with Crippen LogP contribution in [0.4, 0.5) is 22.7 Å². The van der Waals surface area contributed by atoms with Crippen LogP contribution < -0.4 is 15.6 Å². The molecule has 0 saturated carbocycles. The molecule has 3 aromatic rings. The lowest BCUT2D eigenvalue weighted by atomic mass is 10.2. The monoisotopic (exact) mass is 352 g/mol. The van der Waals surface area contributed by atoms with Crippen LogP contribution in [0.25, 0.3) is 17.1 Å². The van der Waals surface area contributed by atoms with Gasteiger partial charge < -0.3 is 20.4 Å². The Morgan fingerprint density at radius 1 is 1.42 bits per heavy atom. The van der Waals surface area contributed by atoms with Gasteiger partial charge in [-0.2, -0.15) is 0 Å². The lowest BCUT2D eigenvalue weighted by Crippen LogP contribution is -2.20. The second-order valence-corrected chi connectivity index (χ2v) is 5.58. The normalized spacial score (nSPS) is 10.7. The van der Waals surface area contributed by atoms with Gasteiger partial charge in [0.15, 0.2) is 5.65 Å². The Bertz CT molecular complexity index is 1050. The molecule has 1 aromatic carbocycles. The fourth-order valence-corrected chi connectivity index (χ4v) is 2.56. The standard InChI is InChI=1S/C17H16N6O3/c1-10-13(18-2)14(16-20-15(17(25)26)21-23(10)16)19-11-4-6-12(7-5-11)22(3)8-9-24/h4-7,19,24H,1,8-9H2,3H3,(H,25,26). The molecule has 2 aromatic heterocycles. The summed E-state index contributed by atoms with van der Waals surface area (Å²) in [5.74, 6) is -1.61. The number of aromatic carboxylic acids is 1. The molecule has 0 fully saturated rings. The Morgan fingerprint density at radius 3 is 2.69 bits per heavy atom. The van der Waals surface area contributed by atoms with Crippen molar-refractivity contribution in [2.24, 2.45) is 0 Å². The molecule has 0 spiro atoms. The summed E-state index contributed by atoms with van der Waals surface area (Å²) < 4.78 is 1.25. The third kappa shape index (κ3) is 2.89. The highest BCUT2D eigenvalue weighted by Crippen LogP contribution is 2.30. The van der Waals surface area contributed by atoms with E-state index in [0.717, 1.165) is 5.69 Å². The number of fused-ring (bicyclic) bond motifs is 1. The van der Waals surface area contributed by atoms with E-state index >= 15 is 0 Å². The van der Waals surface area contributed by atoms with Crippen LogP contribution in [0.1, 0.15) is 10.6 Å². The third-order valence-corrected chi connectivity index (χ3v) is 3.91. The van der Waals surface area contributed by atoms with E-state index in [1.807, 2.05) is 36.2 Å². The zero-order valence-electron chi connectivity index (χ0n) is 14.0. The fraction of sp³-hybridized carbons (Fsp3) is 0.176. The number of nitrogens with zero attached hydrogens (tertiary/aromatic N) is 5. The predicted octanol–water partition coefficient (Wildman–Crippen LogP) is 1.28. The molecule has 0 radical (unpaired) electrons. The summed E-state index contributed by atoms with van der Waals surface area (Å²) >= 11 is 0. The van der Waals surface area contributed by atoms with E-state index in [-0.39, 0.29) is 29.1 Å². The van der Waals surface area contributed by atoms with Gasteiger partial charge in [-0.1, -0.05) is 6.58 Å². The van der Waals surface area contributed by atoms with Gasteiger partial charge in [0, 0.05) is 25.0 Å². The van der Waals surface area contributed by atoms with Gasteiger partial charge in [0.25, 0.3) is 5.82 Å². The summed E-state index contributed by atoms with van der Waals surface area (Å²) in [6, 6.07) is 7.37. The molecule has 0 amide bonds. The van der Waals surface area contributed by atoms with Crippen molar-refractivity contribution in [1.82, 2.24) is 14.6 Å². The maximum absolute atomic E-state index is 11.1. The van der Waals surface area contributed by atoms with E-state index in [2.05, 4.69) is 26.8 Å². The lowest BCUT2D eigenvalue weighted by molar-refractivity contribution is 0.0684. The molecule has 3 N–H and O–H groups in total. The van der Waals surface area contributed by atoms with Crippen molar-refractivity contribution in [1.29, 1.82) is 0 Å².